The normalized spacial score (nSPS) is 14.5. The maximum Gasteiger partial charge on any atom is 0.338 e. The second kappa shape index (κ2) is 10.9. The van der Waals surface area contributed by atoms with Gasteiger partial charge in [0.1, 0.15) is 5.75 Å². The number of carbonyl (C=O) groups excluding carboxylic acids is 2. The number of nitrogens with one attached hydrogen (secondary N) is 1. The van der Waals surface area contributed by atoms with Crippen LogP contribution in [0.25, 0.3) is 11.4 Å². The highest BCUT2D eigenvalue weighted by atomic mass is 16.5. The number of esters is 1. The molecule has 0 aliphatic carbocycles. The molecule has 1 aromatic heterocycles. The number of piperidine rings is 1. The minimum absolute atomic E-state index is 0.0110. The summed E-state index contributed by atoms with van der Waals surface area (Å²) in [6, 6.07) is 14.2. The van der Waals surface area contributed by atoms with Gasteiger partial charge in [0.15, 0.2) is 0 Å². The fraction of sp³-hybridized carbons (Fsp3) is 0.360. The fourth-order valence-electron chi connectivity index (χ4n) is 3.87. The molecule has 0 spiro atoms. The number of benzene rings is 2. The summed E-state index contributed by atoms with van der Waals surface area (Å²) in [7, 11) is 1.62. The molecule has 34 heavy (non-hydrogen) atoms. The van der Waals surface area contributed by atoms with Crippen LogP contribution in [-0.4, -0.2) is 53.7 Å². The summed E-state index contributed by atoms with van der Waals surface area (Å²) in [4.78, 5) is 31.1. The topological polar surface area (TPSA) is 107 Å². The van der Waals surface area contributed by atoms with E-state index in [-0.39, 0.29) is 17.8 Å². The zero-order valence-electron chi connectivity index (χ0n) is 19.3. The van der Waals surface area contributed by atoms with Crippen LogP contribution in [-0.2, 0) is 16.1 Å². The highest BCUT2D eigenvalue weighted by molar-refractivity contribution is 5.94. The number of likely N-dealkylation sites (tertiary alicyclic amines) is 1. The second-order valence-electron chi connectivity index (χ2n) is 8.08. The predicted octanol–water partition coefficient (Wildman–Crippen LogP) is 3.77. The van der Waals surface area contributed by atoms with Crippen LogP contribution in [0, 0.1) is 5.92 Å². The Hall–Kier alpha value is -3.72. The van der Waals surface area contributed by atoms with Crippen molar-refractivity contribution in [1.82, 2.24) is 15.0 Å². The molecule has 0 unspecified atom stereocenters. The highest BCUT2D eigenvalue weighted by Gasteiger charge is 2.26. The third-order valence-electron chi connectivity index (χ3n) is 5.80. The van der Waals surface area contributed by atoms with Gasteiger partial charge in [-0.25, -0.2) is 4.79 Å². The Morgan fingerprint density at radius 3 is 2.44 bits per heavy atom. The number of amides is 1. The van der Waals surface area contributed by atoms with E-state index in [2.05, 4.69) is 20.4 Å². The molecule has 1 aliphatic heterocycles. The molecular weight excluding hydrogens is 436 g/mol. The highest BCUT2D eigenvalue weighted by Crippen LogP contribution is 2.23. The summed E-state index contributed by atoms with van der Waals surface area (Å²) in [6.07, 6.45) is 1.48. The molecule has 0 bridgehead atoms. The number of anilines is 1. The minimum Gasteiger partial charge on any atom is -0.497 e. The van der Waals surface area contributed by atoms with Crippen molar-refractivity contribution < 1.29 is 23.6 Å². The summed E-state index contributed by atoms with van der Waals surface area (Å²) >= 11 is 0. The third kappa shape index (κ3) is 5.79. The molecule has 0 saturated carbocycles. The first-order chi connectivity index (χ1) is 16.6. The van der Waals surface area contributed by atoms with Gasteiger partial charge in [0.05, 0.1) is 25.8 Å². The Labute approximate surface area is 198 Å². The zero-order valence-corrected chi connectivity index (χ0v) is 19.3. The molecule has 2 heterocycles. The number of methoxy groups -OCH3 is 1. The van der Waals surface area contributed by atoms with Gasteiger partial charge in [0, 0.05) is 17.2 Å². The molecule has 178 valence electrons. The van der Waals surface area contributed by atoms with Gasteiger partial charge < -0.3 is 19.3 Å². The smallest absolute Gasteiger partial charge is 0.338 e. The number of rotatable bonds is 8. The Balaban J connectivity index is 1.25. The molecule has 1 amide bonds. The van der Waals surface area contributed by atoms with E-state index in [0.717, 1.165) is 37.2 Å². The lowest BCUT2D eigenvalue weighted by molar-refractivity contribution is -0.121. The van der Waals surface area contributed by atoms with Gasteiger partial charge >= 0.3 is 5.97 Å². The predicted molar refractivity (Wildman–Crippen MR) is 125 cm³/mol. The van der Waals surface area contributed by atoms with Gasteiger partial charge in [-0.15, -0.1) is 0 Å². The number of carbonyl (C=O) groups is 2. The van der Waals surface area contributed by atoms with Crippen molar-refractivity contribution in [2.45, 2.75) is 26.3 Å². The van der Waals surface area contributed by atoms with E-state index in [1.165, 1.54) is 0 Å². The standard InChI is InChI=1S/C25H28N4O5/c1-3-33-25(31)19-4-8-20(9-5-19)26-24(30)18-12-14-29(15-13-18)16-22-27-23(28-34-22)17-6-10-21(32-2)11-7-17/h4-11,18H,3,12-16H2,1-2H3,(H,26,30). The quantitative estimate of drug-likeness (QED) is 0.502. The maximum absolute atomic E-state index is 12.7. The average Bonchev–Trinajstić information content (AvgIpc) is 3.33. The summed E-state index contributed by atoms with van der Waals surface area (Å²) in [5.41, 5.74) is 1.99. The number of hydrogen-bond acceptors (Lipinski definition) is 8. The van der Waals surface area contributed by atoms with E-state index in [4.69, 9.17) is 14.0 Å². The van der Waals surface area contributed by atoms with E-state index in [1.54, 1.807) is 38.3 Å². The molecule has 1 saturated heterocycles. The zero-order chi connectivity index (χ0) is 23.9. The van der Waals surface area contributed by atoms with Crippen LogP contribution >= 0.6 is 0 Å². The van der Waals surface area contributed by atoms with Gasteiger partial charge in [-0.3, -0.25) is 9.69 Å². The third-order valence-corrected chi connectivity index (χ3v) is 5.80. The van der Waals surface area contributed by atoms with Gasteiger partial charge in [0.2, 0.25) is 17.6 Å². The van der Waals surface area contributed by atoms with Crippen molar-refractivity contribution in [3.63, 3.8) is 0 Å². The van der Waals surface area contributed by atoms with Crippen LogP contribution in [0.2, 0.25) is 0 Å². The molecule has 0 atom stereocenters. The van der Waals surface area contributed by atoms with Crippen LogP contribution in [0.1, 0.15) is 36.0 Å². The van der Waals surface area contributed by atoms with Crippen LogP contribution in [0.5, 0.6) is 5.75 Å². The minimum atomic E-state index is -0.370. The van der Waals surface area contributed by atoms with Gasteiger partial charge in [0.25, 0.3) is 0 Å². The van der Waals surface area contributed by atoms with E-state index in [1.807, 2.05) is 24.3 Å². The van der Waals surface area contributed by atoms with Crippen molar-refractivity contribution in [3.05, 3.63) is 60.0 Å². The Bertz CT molecular complexity index is 1100. The lowest BCUT2D eigenvalue weighted by atomic mass is 9.96. The summed E-state index contributed by atoms with van der Waals surface area (Å²) < 4.78 is 15.6. The molecule has 9 heteroatoms. The Morgan fingerprint density at radius 2 is 1.79 bits per heavy atom. The SMILES string of the molecule is CCOC(=O)c1ccc(NC(=O)C2CCN(Cc3nc(-c4ccc(OC)cc4)no3)CC2)cc1. The first-order valence-corrected chi connectivity index (χ1v) is 11.3. The van der Waals surface area contributed by atoms with Gasteiger partial charge in [-0.2, -0.15) is 4.98 Å². The largest absolute Gasteiger partial charge is 0.497 e. The van der Waals surface area contributed by atoms with Crippen LogP contribution in [0.4, 0.5) is 5.69 Å². The van der Waals surface area contributed by atoms with E-state index >= 15 is 0 Å². The van der Waals surface area contributed by atoms with Crippen LogP contribution in [0.3, 0.4) is 0 Å². The number of nitrogens with zero attached hydrogens (tertiary/aromatic N) is 3. The molecule has 4 rings (SSSR count). The maximum atomic E-state index is 12.7. The van der Waals surface area contributed by atoms with Crippen molar-refractivity contribution in [2.75, 3.05) is 32.1 Å². The monoisotopic (exact) mass is 464 g/mol. The molecule has 3 aromatic rings. The van der Waals surface area contributed by atoms with E-state index < -0.39 is 0 Å². The number of hydrogen-bond donors (Lipinski definition) is 1. The molecule has 1 fully saturated rings. The van der Waals surface area contributed by atoms with E-state index in [9.17, 15) is 9.59 Å². The van der Waals surface area contributed by atoms with Gasteiger partial charge in [-0.05, 0) is 81.4 Å². The molecule has 9 nitrogen and oxygen atoms in total. The fourth-order valence-corrected chi connectivity index (χ4v) is 3.87. The number of ether oxygens (including phenoxy) is 2. The van der Waals surface area contributed by atoms with Crippen molar-refractivity contribution >= 4 is 17.6 Å². The van der Waals surface area contributed by atoms with Crippen molar-refractivity contribution in [3.8, 4) is 17.1 Å². The Morgan fingerprint density at radius 1 is 1.09 bits per heavy atom. The van der Waals surface area contributed by atoms with Crippen molar-refractivity contribution in [1.29, 1.82) is 0 Å². The molecule has 1 N–H and O–H groups in total. The first-order valence-electron chi connectivity index (χ1n) is 11.3. The van der Waals surface area contributed by atoms with Crippen LogP contribution < -0.4 is 10.1 Å². The Kier molecular flexibility index (Phi) is 7.54. The second-order valence-corrected chi connectivity index (χ2v) is 8.08. The summed E-state index contributed by atoms with van der Waals surface area (Å²) in [5, 5.41) is 7.02. The lowest BCUT2D eigenvalue weighted by Crippen LogP contribution is -2.37. The van der Waals surface area contributed by atoms with Gasteiger partial charge in [-0.1, -0.05) is 5.16 Å². The molecule has 2 aromatic carbocycles. The summed E-state index contributed by atoms with van der Waals surface area (Å²) in [6.45, 7) is 4.17. The average molecular weight is 465 g/mol. The molecule has 1 aliphatic rings. The first kappa shape index (κ1) is 23.4. The number of aromatic nitrogens is 2. The summed E-state index contributed by atoms with van der Waals surface area (Å²) in [5.74, 6) is 1.41. The van der Waals surface area contributed by atoms with Crippen molar-refractivity contribution in [2.24, 2.45) is 5.92 Å². The van der Waals surface area contributed by atoms with E-state index in [0.29, 0.717) is 36.1 Å². The molecule has 0 radical (unpaired) electrons. The van der Waals surface area contributed by atoms with Crippen LogP contribution in [0.15, 0.2) is 53.1 Å². The lowest BCUT2D eigenvalue weighted by Gasteiger charge is -2.30. The molecular formula is C25H28N4O5.